The molecule has 0 saturated carbocycles. The van der Waals surface area contributed by atoms with Gasteiger partial charge in [0.2, 0.25) is 11.8 Å². The minimum atomic E-state index is -0.559. The molecule has 0 bridgehead atoms. The van der Waals surface area contributed by atoms with Gasteiger partial charge in [-0.15, -0.1) is 5.10 Å². The van der Waals surface area contributed by atoms with Crippen LogP contribution >= 0.6 is 0 Å². The Labute approximate surface area is 167 Å². The van der Waals surface area contributed by atoms with E-state index in [0.717, 1.165) is 5.56 Å². The number of hydrogen-bond donors (Lipinski definition) is 2. The molecule has 3 N–H and O–H groups in total. The van der Waals surface area contributed by atoms with Crippen LogP contribution in [0, 0.1) is 11.3 Å². The summed E-state index contributed by atoms with van der Waals surface area (Å²) >= 11 is 0. The molecule has 8 nitrogen and oxygen atoms in total. The van der Waals surface area contributed by atoms with Crippen molar-refractivity contribution < 1.29 is 14.2 Å². The Morgan fingerprint density at radius 2 is 2.14 bits per heavy atom. The van der Waals surface area contributed by atoms with Gasteiger partial charge in [0.1, 0.15) is 11.6 Å². The molecule has 0 saturated heterocycles. The third-order valence-corrected chi connectivity index (χ3v) is 4.69. The molecule has 3 heterocycles. The molecule has 4 rings (SSSR count). The van der Waals surface area contributed by atoms with Crippen LogP contribution in [0.3, 0.4) is 0 Å². The third kappa shape index (κ3) is 3.02. The van der Waals surface area contributed by atoms with Crippen LogP contribution in [0.1, 0.15) is 24.0 Å². The Balaban J connectivity index is 1.99. The van der Waals surface area contributed by atoms with E-state index in [4.69, 9.17) is 19.9 Å². The van der Waals surface area contributed by atoms with Gasteiger partial charge in [0.25, 0.3) is 0 Å². The average molecular weight is 389 g/mol. The summed E-state index contributed by atoms with van der Waals surface area (Å²) < 4.78 is 17.0. The number of para-hydroxylation sites is 1. The van der Waals surface area contributed by atoms with Crippen molar-refractivity contribution in [3.05, 3.63) is 65.2 Å². The summed E-state index contributed by atoms with van der Waals surface area (Å²) in [5.74, 6) is 0.864. The monoisotopic (exact) mass is 389 g/mol. The lowest BCUT2D eigenvalue weighted by Gasteiger charge is -2.26. The molecule has 1 aliphatic rings. The van der Waals surface area contributed by atoms with Crippen molar-refractivity contribution in [2.45, 2.75) is 12.8 Å². The number of nitrogens with zero attached hydrogens (tertiary/aromatic N) is 3. The van der Waals surface area contributed by atoms with E-state index in [1.807, 2.05) is 43.3 Å². The maximum atomic E-state index is 9.88. The lowest BCUT2D eigenvalue weighted by Crippen LogP contribution is -2.21. The highest BCUT2D eigenvalue weighted by Crippen LogP contribution is 2.49. The minimum Gasteiger partial charge on any atom is -0.493 e. The first-order chi connectivity index (χ1) is 14.2. The van der Waals surface area contributed by atoms with Crippen molar-refractivity contribution >= 4 is 0 Å². The number of nitriles is 1. The van der Waals surface area contributed by atoms with Crippen LogP contribution in [0.25, 0.3) is 11.4 Å². The molecule has 8 heteroatoms. The van der Waals surface area contributed by atoms with E-state index >= 15 is 0 Å². The number of hydrogen-bond acceptors (Lipinski definition) is 7. The van der Waals surface area contributed by atoms with Crippen LogP contribution in [-0.4, -0.2) is 28.9 Å². The molecule has 0 radical (unpaired) electrons. The third-order valence-electron chi connectivity index (χ3n) is 4.69. The summed E-state index contributed by atoms with van der Waals surface area (Å²) in [5.41, 5.74) is 9.06. The van der Waals surface area contributed by atoms with Gasteiger partial charge in [-0.25, -0.2) is 0 Å². The van der Waals surface area contributed by atoms with Crippen LogP contribution in [0.15, 0.2) is 54.1 Å². The maximum Gasteiger partial charge on any atom is 0.244 e. The lowest BCUT2D eigenvalue weighted by atomic mass is 9.83. The van der Waals surface area contributed by atoms with Crippen LogP contribution < -0.4 is 19.9 Å². The highest BCUT2D eigenvalue weighted by molar-refractivity contribution is 5.70. The first-order valence-corrected chi connectivity index (χ1v) is 9.06. The van der Waals surface area contributed by atoms with Gasteiger partial charge < -0.3 is 19.9 Å². The van der Waals surface area contributed by atoms with Gasteiger partial charge in [0.05, 0.1) is 36.6 Å². The molecule has 0 fully saturated rings. The smallest absolute Gasteiger partial charge is 0.244 e. The van der Waals surface area contributed by atoms with Crippen LogP contribution in [0.5, 0.6) is 17.4 Å². The van der Waals surface area contributed by atoms with Crippen LogP contribution in [-0.2, 0) is 0 Å². The van der Waals surface area contributed by atoms with E-state index in [0.29, 0.717) is 40.9 Å². The second kappa shape index (κ2) is 7.56. The summed E-state index contributed by atoms with van der Waals surface area (Å²) in [5, 5.41) is 17.1. The molecular weight excluding hydrogens is 370 g/mol. The molecule has 2 aromatic heterocycles. The van der Waals surface area contributed by atoms with Crippen LogP contribution in [0.4, 0.5) is 0 Å². The van der Waals surface area contributed by atoms with Crippen molar-refractivity contribution in [2.24, 2.45) is 5.73 Å². The summed E-state index contributed by atoms with van der Waals surface area (Å²) in [6, 6.07) is 13.3. The zero-order chi connectivity index (χ0) is 20.4. The van der Waals surface area contributed by atoms with Crippen molar-refractivity contribution in [2.75, 3.05) is 13.7 Å². The fourth-order valence-corrected chi connectivity index (χ4v) is 3.48. The zero-order valence-corrected chi connectivity index (χ0v) is 16.0. The first-order valence-electron chi connectivity index (χ1n) is 9.06. The fraction of sp³-hybridized carbons (Fsp3) is 0.190. The highest BCUT2D eigenvalue weighted by Gasteiger charge is 2.38. The van der Waals surface area contributed by atoms with Gasteiger partial charge >= 0.3 is 0 Å². The van der Waals surface area contributed by atoms with E-state index in [1.54, 1.807) is 13.3 Å². The SMILES string of the molecule is CCOc1c(OC)cccc1[C@H]1C(C#N)=C(N)Oc2n[nH]c(-c3ccccn3)c21. The molecule has 1 aromatic carbocycles. The average Bonchev–Trinajstić information content (AvgIpc) is 3.17. The van der Waals surface area contributed by atoms with Crippen molar-refractivity contribution in [3.8, 4) is 34.8 Å². The largest absolute Gasteiger partial charge is 0.493 e. The normalized spacial score (nSPS) is 15.3. The molecule has 1 aliphatic heterocycles. The summed E-state index contributed by atoms with van der Waals surface area (Å²) in [4.78, 5) is 4.41. The molecule has 0 spiro atoms. The van der Waals surface area contributed by atoms with Gasteiger partial charge in [-0.2, -0.15) is 5.26 Å². The molecule has 0 aliphatic carbocycles. The minimum absolute atomic E-state index is 0.00865. The Hall–Kier alpha value is -3.99. The molecule has 29 heavy (non-hydrogen) atoms. The van der Waals surface area contributed by atoms with E-state index in [2.05, 4.69) is 21.3 Å². The molecule has 3 aromatic rings. The predicted molar refractivity (Wildman–Crippen MR) is 105 cm³/mol. The molecular formula is C21H19N5O3. The quantitative estimate of drug-likeness (QED) is 0.688. The molecule has 146 valence electrons. The summed E-state index contributed by atoms with van der Waals surface area (Å²) in [6.45, 7) is 2.32. The fourth-order valence-electron chi connectivity index (χ4n) is 3.48. The van der Waals surface area contributed by atoms with Gasteiger partial charge in [-0.1, -0.05) is 18.2 Å². The number of aromatic nitrogens is 3. The van der Waals surface area contributed by atoms with Gasteiger partial charge in [0, 0.05) is 11.8 Å². The number of nitrogens with one attached hydrogen (secondary N) is 1. The Kier molecular flexibility index (Phi) is 4.79. The molecule has 0 amide bonds. The number of methoxy groups -OCH3 is 1. The van der Waals surface area contributed by atoms with Gasteiger partial charge in [0.15, 0.2) is 11.5 Å². The van der Waals surface area contributed by atoms with Crippen molar-refractivity contribution in [1.29, 1.82) is 5.26 Å². The molecule has 0 unspecified atom stereocenters. The number of pyridine rings is 1. The molecule has 1 atom stereocenters. The van der Waals surface area contributed by atoms with Gasteiger partial charge in [-0.05, 0) is 25.1 Å². The Morgan fingerprint density at radius 1 is 1.28 bits per heavy atom. The number of rotatable bonds is 5. The number of benzene rings is 1. The van der Waals surface area contributed by atoms with E-state index in [-0.39, 0.29) is 11.5 Å². The second-order valence-corrected chi connectivity index (χ2v) is 6.27. The first kappa shape index (κ1) is 18.4. The van der Waals surface area contributed by atoms with E-state index in [9.17, 15) is 5.26 Å². The lowest BCUT2D eigenvalue weighted by molar-refractivity contribution is 0.306. The van der Waals surface area contributed by atoms with E-state index in [1.165, 1.54) is 0 Å². The topological polar surface area (TPSA) is 119 Å². The van der Waals surface area contributed by atoms with Crippen LogP contribution in [0.2, 0.25) is 0 Å². The Bertz CT molecular complexity index is 1120. The van der Waals surface area contributed by atoms with Crippen molar-refractivity contribution in [3.63, 3.8) is 0 Å². The summed E-state index contributed by atoms with van der Waals surface area (Å²) in [7, 11) is 1.57. The number of nitrogens with two attached hydrogens (primary N) is 1. The number of allylic oxidation sites excluding steroid dienone is 1. The predicted octanol–water partition coefficient (Wildman–Crippen LogP) is 3.10. The number of aromatic amines is 1. The van der Waals surface area contributed by atoms with Gasteiger partial charge in [-0.3, -0.25) is 10.1 Å². The number of H-pyrrole nitrogens is 1. The van der Waals surface area contributed by atoms with Crippen molar-refractivity contribution in [1.82, 2.24) is 15.2 Å². The Morgan fingerprint density at radius 3 is 2.83 bits per heavy atom. The maximum absolute atomic E-state index is 9.88. The van der Waals surface area contributed by atoms with E-state index < -0.39 is 5.92 Å². The number of fused-ring (bicyclic) bond motifs is 1. The summed E-state index contributed by atoms with van der Waals surface area (Å²) in [6.07, 6.45) is 1.69. The standard InChI is InChI=1S/C21H19N5O3/c1-3-28-19-12(7-6-9-15(19)27-2)16-13(11-22)20(23)29-21-17(16)18(25-26-21)14-8-4-5-10-24-14/h4-10,16H,3,23H2,1-2H3,(H,25,26)/t16-/m0/s1. The zero-order valence-electron chi connectivity index (χ0n) is 16.0. The number of ether oxygens (including phenoxy) is 3. The second-order valence-electron chi connectivity index (χ2n) is 6.27. The highest BCUT2D eigenvalue weighted by atomic mass is 16.5.